The van der Waals surface area contributed by atoms with Crippen molar-refractivity contribution in [1.29, 1.82) is 0 Å². The van der Waals surface area contributed by atoms with Gasteiger partial charge < -0.3 is 0 Å². The minimum Gasteiger partial charge on any atom is -0.287 e. The van der Waals surface area contributed by atoms with Gasteiger partial charge in [0.25, 0.3) is 5.91 Å². The van der Waals surface area contributed by atoms with Crippen molar-refractivity contribution in [2.24, 2.45) is 0 Å². The maximum absolute atomic E-state index is 12.2. The Bertz CT molecular complexity index is 625. The molecule has 0 aliphatic heterocycles. The number of carbonyl (C=O) groups is 1. The number of aryl methyl sites for hydroxylation is 1. The van der Waals surface area contributed by atoms with Gasteiger partial charge >= 0.3 is 0 Å². The summed E-state index contributed by atoms with van der Waals surface area (Å²) in [4.78, 5) is 12.2. The summed E-state index contributed by atoms with van der Waals surface area (Å²) in [6.45, 7) is 5.93. The predicted molar refractivity (Wildman–Crippen MR) is 95.0 cm³/mol. The van der Waals surface area contributed by atoms with Gasteiger partial charge in [0.2, 0.25) is 0 Å². The first-order chi connectivity index (χ1) is 11.1. The molecule has 3 nitrogen and oxygen atoms in total. The van der Waals surface area contributed by atoms with E-state index in [0.29, 0.717) is 5.56 Å². The van der Waals surface area contributed by atoms with Crippen LogP contribution in [0.5, 0.6) is 0 Å². The highest BCUT2D eigenvalue weighted by Gasteiger charge is 2.23. The second kappa shape index (κ2) is 8.30. The largest absolute Gasteiger partial charge is 0.287 e. The van der Waals surface area contributed by atoms with Gasteiger partial charge in [-0.25, -0.2) is 5.43 Å². The van der Waals surface area contributed by atoms with E-state index in [1.165, 1.54) is 5.56 Å². The molecule has 1 atom stereocenters. The molecular formula is C20H24N2O. The monoisotopic (exact) mass is 308 g/mol. The maximum atomic E-state index is 12.2. The van der Waals surface area contributed by atoms with Crippen molar-refractivity contribution in [3.05, 3.63) is 84.4 Å². The number of benzene rings is 2. The third kappa shape index (κ3) is 5.38. The lowest BCUT2D eigenvalue weighted by atomic mass is 9.90. The average molecular weight is 308 g/mol. The number of rotatable bonds is 8. The summed E-state index contributed by atoms with van der Waals surface area (Å²) in [5, 5.41) is 0. The van der Waals surface area contributed by atoms with Gasteiger partial charge in [0.15, 0.2) is 0 Å². The zero-order valence-corrected chi connectivity index (χ0v) is 13.6. The topological polar surface area (TPSA) is 41.1 Å². The lowest BCUT2D eigenvalue weighted by molar-refractivity contribution is 0.0904. The van der Waals surface area contributed by atoms with Gasteiger partial charge in [0.05, 0.1) is 0 Å². The number of hydrazine groups is 1. The van der Waals surface area contributed by atoms with Crippen LogP contribution < -0.4 is 10.9 Å². The molecule has 0 fully saturated rings. The quantitative estimate of drug-likeness (QED) is 0.574. The van der Waals surface area contributed by atoms with Crippen LogP contribution in [0.2, 0.25) is 0 Å². The summed E-state index contributed by atoms with van der Waals surface area (Å²) in [7, 11) is 0. The van der Waals surface area contributed by atoms with Gasteiger partial charge in [-0.1, -0.05) is 54.6 Å². The maximum Gasteiger partial charge on any atom is 0.265 e. The molecule has 2 aromatic carbocycles. The van der Waals surface area contributed by atoms with Gasteiger partial charge in [-0.15, -0.1) is 6.58 Å². The molecule has 0 saturated carbocycles. The molecule has 1 amide bonds. The highest BCUT2D eigenvalue weighted by Crippen LogP contribution is 2.18. The van der Waals surface area contributed by atoms with E-state index in [2.05, 4.69) is 36.5 Å². The number of hydrogen-bond donors (Lipinski definition) is 2. The Hall–Kier alpha value is -2.39. The van der Waals surface area contributed by atoms with Crippen molar-refractivity contribution < 1.29 is 4.79 Å². The second-order valence-electron chi connectivity index (χ2n) is 5.98. The smallest absolute Gasteiger partial charge is 0.265 e. The molecule has 3 heteroatoms. The van der Waals surface area contributed by atoms with Crippen molar-refractivity contribution in [1.82, 2.24) is 10.9 Å². The van der Waals surface area contributed by atoms with Gasteiger partial charge in [0, 0.05) is 11.1 Å². The van der Waals surface area contributed by atoms with Crippen LogP contribution in [-0.4, -0.2) is 11.4 Å². The lowest BCUT2D eigenvalue weighted by Crippen LogP contribution is -2.52. The number of nitrogens with one attached hydrogen (secondary N) is 2. The molecule has 0 aliphatic carbocycles. The minimum atomic E-state index is -0.234. The molecule has 0 aliphatic rings. The van der Waals surface area contributed by atoms with Gasteiger partial charge in [0.1, 0.15) is 0 Å². The molecule has 0 unspecified atom stereocenters. The summed E-state index contributed by atoms with van der Waals surface area (Å²) in [6.07, 6.45) is 4.50. The fraction of sp³-hybridized carbons (Fsp3) is 0.250. The molecule has 0 bridgehead atoms. The van der Waals surface area contributed by atoms with E-state index in [-0.39, 0.29) is 11.4 Å². The first-order valence-electron chi connectivity index (χ1n) is 7.90. The fourth-order valence-corrected chi connectivity index (χ4v) is 2.47. The molecular weight excluding hydrogens is 284 g/mol. The minimum absolute atomic E-state index is 0.124. The van der Waals surface area contributed by atoms with E-state index in [1.807, 2.05) is 42.5 Å². The first kappa shape index (κ1) is 17.0. The summed E-state index contributed by atoms with van der Waals surface area (Å²) in [5.41, 5.74) is 7.72. The van der Waals surface area contributed by atoms with Crippen molar-refractivity contribution >= 4 is 5.91 Å². The zero-order chi connectivity index (χ0) is 16.5. The van der Waals surface area contributed by atoms with Gasteiger partial charge in [-0.05, 0) is 43.9 Å². The van der Waals surface area contributed by atoms with Crippen LogP contribution in [0.3, 0.4) is 0 Å². The van der Waals surface area contributed by atoms with Gasteiger partial charge in [-0.3, -0.25) is 10.2 Å². The Morgan fingerprint density at radius 2 is 1.70 bits per heavy atom. The lowest BCUT2D eigenvalue weighted by Gasteiger charge is -2.30. The molecule has 2 rings (SSSR count). The molecule has 2 aromatic rings. The summed E-state index contributed by atoms with van der Waals surface area (Å²) in [5.74, 6) is -0.124. The molecule has 0 radical (unpaired) electrons. The molecule has 0 spiro atoms. The van der Waals surface area contributed by atoms with E-state index in [9.17, 15) is 4.79 Å². The summed E-state index contributed by atoms with van der Waals surface area (Å²) >= 11 is 0. The number of amides is 1. The van der Waals surface area contributed by atoms with Crippen LogP contribution in [0.15, 0.2) is 73.3 Å². The van der Waals surface area contributed by atoms with Crippen molar-refractivity contribution in [3.8, 4) is 0 Å². The molecule has 23 heavy (non-hydrogen) atoms. The third-order valence-electron chi connectivity index (χ3n) is 3.92. The Balaban J connectivity index is 1.94. The molecule has 2 N–H and O–H groups in total. The molecule has 120 valence electrons. The number of carbonyl (C=O) groups excluding carboxylic acids is 1. The van der Waals surface area contributed by atoms with E-state index in [4.69, 9.17) is 0 Å². The van der Waals surface area contributed by atoms with E-state index >= 15 is 0 Å². The summed E-state index contributed by atoms with van der Waals surface area (Å²) in [6, 6.07) is 19.6. The van der Waals surface area contributed by atoms with Gasteiger partial charge in [-0.2, -0.15) is 0 Å². The van der Waals surface area contributed by atoms with Crippen LogP contribution in [0.25, 0.3) is 0 Å². The third-order valence-corrected chi connectivity index (χ3v) is 3.92. The van der Waals surface area contributed by atoms with Crippen molar-refractivity contribution in [2.75, 3.05) is 0 Å². The van der Waals surface area contributed by atoms with Crippen LogP contribution >= 0.6 is 0 Å². The summed E-state index contributed by atoms with van der Waals surface area (Å²) < 4.78 is 0. The van der Waals surface area contributed by atoms with Crippen molar-refractivity contribution in [2.45, 2.75) is 31.7 Å². The van der Waals surface area contributed by atoms with Crippen LogP contribution in [0, 0.1) is 0 Å². The van der Waals surface area contributed by atoms with Crippen LogP contribution in [-0.2, 0) is 6.42 Å². The Morgan fingerprint density at radius 3 is 2.30 bits per heavy atom. The van der Waals surface area contributed by atoms with E-state index < -0.39 is 0 Å². The van der Waals surface area contributed by atoms with Crippen molar-refractivity contribution in [3.63, 3.8) is 0 Å². The predicted octanol–water partition coefficient (Wildman–Crippen LogP) is 3.89. The Morgan fingerprint density at radius 1 is 1.09 bits per heavy atom. The van der Waals surface area contributed by atoms with Crippen LogP contribution in [0.4, 0.5) is 0 Å². The molecule has 0 saturated heterocycles. The number of hydrogen-bond acceptors (Lipinski definition) is 2. The SMILES string of the molecule is C=CC[C@](C)(CCc1ccccc1)NNC(=O)c1ccccc1. The normalized spacial score (nSPS) is 13.1. The molecule has 0 aromatic heterocycles. The Labute approximate surface area is 138 Å². The standard InChI is InChI=1S/C20H24N2O/c1-3-15-20(2,16-14-17-10-6-4-7-11-17)22-21-19(23)18-12-8-5-9-13-18/h3-13,22H,1,14-16H2,2H3,(H,21,23)/t20-/m1/s1. The fourth-order valence-electron chi connectivity index (χ4n) is 2.47. The highest BCUT2D eigenvalue weighted by molar-refractivity contribution is 5.93. The zero-order valence-electron chi connectivity index (χ0n) is 13.6. The van der Waals surface area contributed by atoms with E-state index in [0.717, 1.165) is 19.3 Å². The first-order valence-corrected chi connectivity index (χ1v) is 7.90. The van der Waals surface area contributed by atoms with Crippen LogP contribution in [0.1, 0.15) is 35.7 Å². The Kier molecular flexibility index (Phi) is 6.12. The molecule has 0 heterocycles. The highest BCUT2D eigenvalue weighted by atomic mass is 16.2. The second-order valence-corrected chi connectivity index (χ2v) is 5.98. The average Bonchev–Trinajstić information content (AvgIpc) is 2.60. The van der Waals surface area contributed by atoms with E-state index in [1.54, 1.807) is 12.1 Å².